The first-order valence-electron chi connectivity index (χ1n) is 10.4. The van der Waals surface area contributed by atoms with E-state index in [0.29, 0.717) is 18.8 Å². The van der Waals surface area contributed by atoms with E-state index in [0.717, 1.165) is 24.8 Å². The monoisotopic (exact) mass is 408 g/mol. The van der Waals surface area contributed by atoms with Gasteiger partial charge < -0.3 is 15.0 Å². The SMILES string of the molecule is CCCCc1ccc(NC(=O)COC(=O)[C@H]2CC(=O)N(Cc3ccccc3)C2)cc1. The number of nitrogens with one attached hydrogen (secondary N) is 1. The molecule has 2 amide bonds. The molecule has 1 aliphatic rings. The van der Waals surface area contributed by atoms with Gasteiger partial charge in [-0.05, 0) is 36.1 Å². The minimum atomic E-state index is -0.535. The smallest absolute Gasteiger partial charge is 0.311 e. The molecule has 1 aliphatic heterocycles. The van der Waals surface area contributed by atoms with Crippen LogP contribution in [0.2, 0.25) is 0 Å². The zero-order valence-electron chi connectivity index (χ0n) is 17.3. The second-order valence-electron chi connectivity index (χ2n) is 7.62. The first-order valence-corrected chi connectivity index (χ1v) is 10.4. The van der Waals surface area contributed by atoms with Crippen LogP contribution in [0.15, 0.2) is 54.6 Å². The van der Waals surface area contributed by atoms with E-state index >= 15 is 0 Å². The van der Waals surface area contributed by atoms with Gasteiger partial charge in [-0.25, -0.2) is 0 Å². The number of amides is 2. The zero-order valence-corrected chi connectivity index (χ0v) is 17.3. The van der Waals surface area contributed by atoms with Gasteiger partial charge in [-0.15, -0.1) is 0 Å². The molecule has 0 bridgehead atoms. The van der Waals surface area contributed by atoms with Gasteiger partial charge in [0.25, 0.3) is 5.91 Å². The van der Waals surface area contributed by atoms with Crippen molar-refractivity contribution in [3.8, 4) is 0 Å². The molecule has 0 radical (unpaired) electrons. The lowest BCUT2D eigenvalue weighted by Gasteiger charge is -2.16. The Balaban J connectivity index is 1.42. The highest BCUT2D eigenvalue weighted by atomic mass is 16.5. The fourth-order valence-electron chi connectivity index (χ4n) is 3.47. The molecule has 2 aromatic carbocycles. The maximum Gasteiger partial charge on any atom is 0.311 e. The van der Waals surface area contributed by atoms with Crippen LogP contribution in [0, 0.1) is 5.92 Å². The van der Waals surface area contributed by atoms with Crippen molar-refractivity contribution in [1.29, 1.82) is 0 Å². The van der Waals surface area contributed by atoms with Crippen LogP contribution >= 0.6 is 0 Å². The third-order valence-corrected chi connectivity index (χ3v) is 5.17. The molecule has 6 heteroatoms. The number of rotatable bonds is 9. The summed E-state index contributed by atoms with van der Waals surface area (Å²) in [5.41, 5.74) is 2.91. The fraction of sp³-hybridized carbons (Fsp3) is 0.375. The van der Waals surface area contributed by atoms with Crippen molar-refractivity contribution in [2.75, 3.05) is 18.5 Å². The molecule has 0 aliphatic carbocycles. The molecule has 6 nitrogen and oxygen atoms in total. The van der Waals surface area contributed by atoms with E-state index in [1.807, 2.05) is 54.6 Å². The predicted octanol–water partition coefficient (Wildman–Crippen LogP) is 3.56. The molecule has 0 saturated carbocycles. The fourth-order valence-corrected chi connectivity index (χ4v) is 3.47. The number of carbonyl (C=O) groups is 3. The van der Waals surface area contributed by atoms with Crippen molar-refractivity contribution in [3.05, 3.63) is 65.7 Å². The standard InChI is InChI=1S/C24H28N2O4/c1-2-3-7-18-10-12-21(13-11-18)25-22(27)17-30-24(29)20-14-23(28)26(16-20)15-19-8-5-4-6-9-19/h4-6,8-13,20H,2-3,7,14-17H2,1H3,(H,25,27)/t20-/m0/s1. The van der Waals surface area contributed by atoms with Gasteiger partial charge in [0, 0.05) is 25.2 Å². The summed E-state index contributed by atoms with van der Waals surface area (Å²) in [6.45, 7) is 2.57. The van der Waals surface area contributed by atoms with E-state index in [9.17, 15) is 14.4 Å². The van der Waals surface area contributed by atoms with Crippen molar-refractivity contribution in [3.63, 3.8) is 0 Å². The van der Waals surface area contributed by atoms with Crippen molar-refractivity contribution in [2.45, 2.75) is 39.2 Å². The number of anilines is 1. The second kappa shape index (κ2) is 10.6. The molecule has 1 N–H and O–H groups in total. The molecule has 3 rings (SSSR count). The number of nitrogens with zero attached hydrogens (tertiary/aromatic N) is 1. The summed E-state index contributed by atoms with van der Waals surface area (Å²) in [5, 5.41) is 2.73. The average molecular weight is 408 g/mol. The molecule has 158 valence electrons. The second-order valence-corrected chi connectivity index (χ2v) is 7.62. The van der Waals surface area contributed by atoms with Gasteiger partial charge in [0.15, 0.2) is 6.61 Å². The lowest BCUT2D eigenvalue weighted by molar-refractivity contribution is -0.151. The predicted molar refractivity (Wildman–Crippen MR) is 115 cm³/mol. The van der Waals surface area contributed by atoms with Crippen LogP contribution < -0.4 is 5.32 Å². The van der Waals surface area contributed by atoms with E-state index in [-0.39, 0.29) is 18.9 Å². The van der Waals surface area contributed by atoms with Crippen LogP contribution in [0.25, 0.3) is 0 Å². The highest BCUT2D eigenvalue weighted by molar-refractivity contribution is 5.93. The van der Waals surface area contributed by atoms with Crippen LogP contribution in [0.4, 0.5) is 5.69 Å². The molecular weight excluding hydrogens is 380 g/mol. The zero-order chi connectivity index (χ0) is 21.3. The summed E-state index contributed by atoms with van der Waals surface area (Å²) in [4.78, 5) is 38.3. The van der Waals surface area contributed by atoms with Crippen LogP contribution in [-0.4, -0.2) is 35.8 Å². The Morgan fingerprint density at radius 1 is 1.07 bits per heavy atom. The molecule has 30 heavy (non-hydrogen) atoms. The Morgan fingerprint density at radius 3 is 2.50 bits per heavy atom. The minimum absolute atomic E-state index is 0.0755. The molecule has 0 aromatic heterocycles. The summed E-state index contributed by atoms with van der Waals surface area (Å²) >= 11 is 0. The lowest BCUT2D eigenvalue weighted by atomic mass is 10.1. The van der Waals surface area contributed by atoms with Crippen molar-refractivity contribution in [1.82, 2.24) is 4.90 Å². The number of hydrogen-bond acceptors (Lipinski definition) is 4. The first kappa shape index (κ1) is 21.6. The molecular formula is C24H28N2O4. The van der Waals surface area contributed by atoms with E-state index < -0.39 is 17.8 Å². The Hall–Kier alpha value is -3.15. The maximum atomic E-state index is 12.3. The Kier molecular flexibility index (Phi) is 7.60. The number of hydrogen-bond donors (Lipinski definition) is 1. The van der Waals surface area contributed by atoms with Crippen LogP contribution in [-0.2, 0) is 32.1 Å². The van der Waals surface area contributed by atoms with Gasteiger partial charge >= 0.3 is 5.97 Å². The first-order chi connectivity index (χ1) is 14.5. The molecule has 1 saturated heterocycles. The minimum Gasteiger partial charge on any atom is -0.455 e. The molecule has 1 fully saturated rings. The van der Waals surface area contributed by atoms with Gasteiger partial charge in [0.05, 0.1) is 5.92 Å². The molecule has 2 aromatic rings. The quantitative estimate of drug-likeness (QED) is 0.644. The van der Waals surface area contributed by atoms with E-state index in [1.54, 1.807) is 4.90 Å². The van der Waals surface area contributed by atoms with Crippen molar-refractivity contribution in [2.24, 2.45) is 5.92 Å². The van der Waals surface area contributed by atoms with Crippen LogP contribution in [0.1, 0.15) is 37.3 Å². The lowest BCUT2D eigenvalue weighted by Crippen LogP contribution is -2.28. The van der Waals surface area contributed by atoms with Gasteiger partial charge in [0.1, 0.15) is 0 Å². The maximum absolute atomic E-state index is 12.3. The van der Waals surface area contributed by atoms with Crippen molar-refractivity contribution >= 4 is 23.5 Å². The van der Waals surface area contributed by atoms with E-state index in [1.165, 1.54) is 5.56 Å². The average Bonchev–Trinajstić information content (AvgIpc) is 3.12. The van der Waals surface area contributed by atoms with Crippen molar-refractivity contribution < 1.29 is 19.1 Å². The number of aryl methyl sites for hydroxylation is 1. The number of likely N-dealkylation sites (tertiary alicyclic amines) is 1. The number of carbonyl (C=O) groups excluding carboxylic acids is 3. The number of benzene rings is 2. The van der Waals surface area contributed by atoms with Crippen LogP contribution in [0.3, 0.4) is 0 Å². The van der Waals surface area contributed by atoms with Gasteiger partial charge in [-0.3, -0.25) is 14.4 Å². The highest BCUT2D eigenvalue weighted by Gasteiger charge is 2.35. The summed E-state index contributed by atoms with van der Waals surface area (Å²) in [5.74, 6) is -1.51. The molecule has 1 atom stereocenters. The highest BCUT2D eigenvalue weighted by Crippen LogP contribution is 2.21. The third-order valence-electron chi connectivity index (χ3n) is 5.17. The molecule has 1 heterocycles. The Labute approximate surface area is 177 Å². The topological polar surface area (TPSA) is 75.7 Å². The van der Waals surface area contributed by atoms with Gasteiger partial charge in [-0.2, -0.15) is 0 Å². The van der Waals surface area contributed by atoms with Gasteiger partial charge in [-0.1, -0.05) is 55.8 Å². The molecule has 0 spiro atoms. The summed E-state index contributed by atoms with van der Waals surface area (Å²) in [7, 11) is 0. The summed E-state index contributed by atoms with van der Waals surface area (Å²) in [6, 6.07) is 17.3. The Bertz CT molecular complexity index is 865. The van der Waals surface area contributed by atoms with E-state index in [2.05, 4.69) is 12.2 Å². The number of esters is 1. The largest absolute Gasteiger partial charge is 0.455 e. The summed E-state index contributed by atoms with van der Waals surface area (Å²) < 4.78 is 5.15. The molecule has 0 unspecified atom stereocenters. The van der Waals surface area contributed by atoms with Crippen LogP contribution in [0.5, 0.6) is 0 Å². The third kappa shape index (κ3) is 6.17. The number of unbranched alkanes of at least 4 members (excludes halogenated alkanes) is 1. The summed E-state index contributed by atoms with van der Waals surface area (Å²) in [6.07, 6.45) is 3.41. The van der Waals surface area contributed by atoms with E-state index in [4.69, 9.17) is 4.74 Å². The number of ether oxygens (including phenoxy) is 1. The Morgan fingerprint density at radius 2 is 1.80 bits per heavy atom. The van der Waals surface area contributed by atoms with Gasteiger partial charge in [0.2, 0.25) is 5.91 Å². The normalized spacial score (nSPS) is 15.8.